The number of para-hydroxylation sites is 1. The Kier molecular flexibility index (Phi) is 5.04. The minimum absolute atomic E-state index is 0.0858. The first-order valence-electron chi connectivity index (χ1n) is 10.1. The number of thiocarbonyl (C=S) groups is 1. The molecule has 0 N–H and O–H groups in total. The molecule has 1 amide bonds. The van der Waals surface area contributed by atoms with Crippen molar-refractivity contribution in [3.8, 4) is 0 Å². The zero-order chi connectivity index (χ0) is 21.5. The Morgan fingerprint density at radius 2 is 1.61 bits per heavy atom. The summed E-state index contributed by atoms with van der Waals surface area (Å²) in [6.07, 6.45) is 4.09. The van der Waals surface area contributed by atoms with E-state index in [-0.39, 0.29) is 5.91 Å². The lowest BCUT2D eigenvalue weighted by Gasteiger charge is -2.20. The van der Waals surface area contributed by atoms with Crippen LogP contribution in [0, 0.1) is 13.8 Å². The molecule has 1 saturated heterocycles. The Balaban J connectivity index is 1.55. The first-order chi connectivity index (χ1) is 15.0. The average Bonchev–Trinajstić information content (AvgIpc) is 3.37. The lowest BCUT2D eigenvalue weighted by molar-refractivity contribution is -0.114. The normalized spacial score (nSPS) is 15.5. The van der Waals surface area contributed by atoms with Gasteiger partial charge >= 0.3 is 0 Å². The van der Waals surface area contributed by atoms with Gasteiger partial charge in [-0.05, 0) is 55.9 Å². The summed E-state index contributed by atoms with van der Waals surface area (Å²) in [6, 6.07) is 22.7. The van der Waals surface area contributed by atoms with Crippen LogP contribution in [0.5, 0.6) is 0 Å². The van der Waals surface area contributed by atoms with Crippen molar-refractivity contribution in [2.75, 3.05) is 5.01 Å². The number of amides is 1. The van der Waals surface area contributed by atoms with Gasteiger partial charge in [0.1, 0.15) is 0 Å². The highest BCUT2D eigenvalue weighted by Gasteiger charge is 2.35. The van der Waals surface area contributed by atoms with Crippen molar-refractivity contribution in [2.24, 2.45) is 0 Å². The fourth-order valence-electron chi connectivity index (χ4n) is 4.05. The van der Waals surface area contributed by atoms with E-state index in [1.807, 2.05) is 54.9 Å². The highest BCUT2D eigenvalue weighted by atomic mass is 32.2. The fourth-order valence-corrected chi connectivity index (χ4v) is 5.28. The molecule has 0 saturated carbocycles. The summed E-state index contributed by atoms with van der Waals surface area (Å²) >= 11 is 6.92. The first kappa shape index (κ1) is 19.8. The smallest absolute Gasteiger partial charge is 0.285 e. The monoisotopic (exact) mass is 443 g/mol. The van der Waals surface area contributed by atoms with Crippen molar-refractivity contribution in [3.05, 3.63) is 100 Å². The van der Waals surface area contributed by atoms with Gasteiger partial charge in [-0.2, -0.15) is 5.01 Å². The predicted octanol–water partition coefficient (Wildman–Crippen LogP) is 5.65. The van der Waals surface area contributed by atoms with Crippen LogP contribution in [0.4, 0.5) is 0 Å². The number of hydrogen-bond acceptors (Lipinski definition) is 3. The van der Waals surface area contributed by atoms with Crippen molar-refractivity contribution in [3.63, 3.8) is 0 Å². The van der Waals surface area contributed by atoms with Gasteiger partial charge in [-0.1, -0.05) is 60.3 Å². The Hall–Kier alpha value is -3.09. The van der Waals surface area contributed by atoms with Crippen LogP contribution in [-0.4, -0.2) is 19.5 Å². The van der Waals surface area contributed by atoms with Gasteiger partial charge in [-0.3, -0.25) is 9.47 Å². The average molecular weight is 444 g/mol. The topological polar surface area (TPSA) is 30.2 Å². The van der Waals surface area contributed by atoms with Crippen molar-refractivity contribution in [2.45, 2.75) is 20.4 Å². The molecule has 5 rings (SSSR count). The molecule has 3 heterocycles. The summed E-state index contributed by atoms with van der Waals surface area (Å²) in [5.41, 5.74) is 5.36. The van der Waals surface area contributed by atoms with E-state index >= 15 is 0 Å². The van der Waals surface area contributed by atoms with Crippen LogP contribution in [-0.2, 0) is 11.3 Å². The number of aromatic nitrogens is 2. The molecule has 0 radical (unpaired) electrons. The molecule has 1 fully saturated rings. The summed E-state index contributed by atoms with van der Waals surface area (Å²) in [7, 11) is 0. The number of rotatable bonds is 4. The van der Waals surface area contributed by atoms with Crippen LogP contribution in [0.25, 0.3) is 17.0 Å². The fraction of sp³-hybridized carbons (Fsp3) is 0.120. The van der Waals surface area contributed by atoms with Gasteiger partial charge in [0.05, 0.1) is 4.91 Å². The molecule has 0 aliphatic carbocycles. The van der Waals surface area contributed by atoms with Crippen LogP contribution in [0.15, 0.2) is 77.8 Å². The Bertz CT molecular complexity index is 1330. The van der Waals surface area contributed by atoms with Gasteiger partial charge in [0.25, 0.3) is 5.91 Å². The van der Waals surface area contributed by atoms with Crippen LogP contribution >= 0.6 is 24.0 Å². The van der Waals surface area contributed by atoms with E-state index in [2.05, 4.69) is 47.2 Å². The van der Waals surface area contributed by atoms with E-state index < -0.39 is 0 Å². The van der Waals surface area contributed by atoms with E-state index in [0.717, 1.165) is 34.4 Å². The second kappa shape index (κ2) is 7.87. The number of fused-ring (bicyclic) bond motifs is 1. The van der Waals surface area contributed by atoms with Crippen LogP contribution in [0.2, 0.25) is 0 Å². The quantitative estimate of drug-likeness (QED) is 0.302. The largest absolute Gasteiger partial charge is 0.342 e. The van der Waals surface area contributed by atoms with Gasteiger partial charge in [0.15, 0.2) is 4.32 Å². The number of carbonyl (C=O) groups excluding carboxylic acids is 1. The first-order valence-corrected chi connectivity index (χ1v) is 11.3. The highest BCUT2D eigenvalue weighted by Crippen LogP contribution is 2.34. The number of aryl methyl sites for hydroxylation is 2. The van der Waals surface area contributed by atoms with Crippen molar-refractivity contribution in [1.29, 1.82) is 0 Å². The molecule has 0 atom stereocenters. The zero-order valence-electron chi connectivity index (χ0n) is 17.3. The lowest BCUT2D eigenvalue weighted by atomic mass is 10.1. The van der Waals surface area contributed by atoms with Gasteiger partial charge in [-0.25, -0.2) is 0 Å². The summed E-state index contributed by atoms with van der Waals surface area (Å²) in [5, 5.41) is 2.72. The van der Waals surface area contributed by atoms with Crippen molar-refractivity contribution >= 4 is 51.2 Å². The zero-order valence-corrected chi connectivity index (χ0v) is 18.9. The second-order valence-corrected chi connectivity index (χ2v) is 9.31. The molecule has 4 nitrogen and oxygen atoms in total. The van der Waals surface area contributed by atoms with E-state index in [4.69, 9.17) is 12.2 Å². The standard InChI is InChI=1S/C25H21N3OS2/c1-17-12-13-18(2)27(17)28-24(29)23(31-25(28)30)14-20-16-26(15-19-8-4-3-5-9-19)22-11-7-6-10-21(20)22/h3-14,16H,15H2,1-2H3/b23-14-. The summed E-state index contributed by atoms with van der Waals surface area (Å²) in [4.78, 5) is 13.9. The maximum atomic E-state index is 13.3. The van der Waals surface area contributed by atoms with Crippen LogP contribution in [0.3, 0.4) is 0 Å². The van der Waals surface area contributed by atoms with E-state index in [1.165, 1.54) is 17.3 Å². The number of hydrogen-bond donors (Lipinski definition) is 0. The molecule has 0 bridgehead atoms. The summed E-state index contributed by atoms with van der Waals surface area (Å²) < 4.78 is 4.67. The summed E-state index contributed by atoms with van der Waals surface area (Å²) in [6.45, 7) is 4.73. The molecule has 2 aromatic carbocycles. The van der Waals surface area contributed by atoms with Crippen molar-refractivity contribution in [1.82, 2.24) is 9.24 Å². The predicted molar refractivity (Wildman–Crippen MR) is 133 cm³/mol. The van der Waals surface area contributed by atoms with E-state index in [1.54, 1.807) is 5.01 Å². The third-order valence-corrected chi connectivity index (χ3v) is 6.79. The lowest BCUT2D eigenvalue weighted by Crippen LogP contribution is -2.39. The number of benzene rings is 2. The molecule has 4 aromatic rings. The van der Waals surface area contributed by atoms with Gasteiger partial charge in [-0.15, -0.1) is 0 Å². The second-order valence-electron chi connectivity index (χ2n) is 7.64. The maximum absolute atomic E-state index is 13.3. The van der Waals surface area contributed by atoms with Crippen LogP contribution in [0.1, 0.15) is 22.5 Å². The molecule has 2 aromatic heterocycles. The summed E-state index contributed by atoms with van der Waals surface area (Å²) in [5.74, 6) is -0.0858. The Morgan fingerprint density at radius 3 is 2.35 bits per heavy atom. The molecule has 6 heteroatoms. The number of nitrogens with zero attached hydrogens (tertiary/aromatic N) is 3. The molecule has 1 aliphatic rings. The molecule has 0 spiro atoms. The number of thioether (sulfide) groups is 1. The molecular formula is C25H21N3OS2. The molecule has 0 unspecified atom stereocenters. The van der Waals surface area contributed by atoms with Gasteiger partial charge in [0.2, 0.25) is 0 Å². The third-order valence-electron chi connectivity index (χ3n) is 5.51. The van der Waals surface area contributed by atoms with E-state index in [0.29, 0.717) is 9.23 Å². The molecular weight excluding hydrogens is 422 g/mol. The number of carbonyl (C=O) groups is 1. The van der Waals surface area contributed by atoms with Gasteiger partial charge < -0.3 is 4.57 Å². The molecule has 154 valence electrons. The third kappa shape index (κ3) is 3.52. The maximum Gasteiger partial charge on any atom is 0.285 e. The highest BCUT2D eigenvalue weighted by molar-refractivity contribution is 8.27. The van der Waals surface area contributed by atoms with E-state index in [9.17, 15) is 4.79 Å². The molecule has 1 aliphatic heterocycles. The van der Waals surface area contributed by atoms with Crippen molar-refractivity contribution < 1.29 is 4.79 Å². The van der Waals surface area contributed by atoms with Gasteiger partial charge in [0, 0.05) is 40.6 Å². The minimum Gasteiger partial charge on any atom is -0.342 e. The SMILES string of the molecule is Cc1ccc(C)n1N1C(=O)/C(=C/c2cn(Cc3ccccc3)c3ccccc23)SC1=S. The Morgan fingerprint density at radius 1 is 0.935 bits per heavy atom. The van der Waals surface area contributed by atoms with Crippen LogP contribution < -0.4 is 5.01 Å². The minimum atomic E-state index is -0.0858. The molecule has 31 heavy (non-hydrogen) atoms. The Labute approximate surface area is 190 Å².